The first kappa shape index (κ1) is 12.7. The monoisotopic (exact) mass is 275 g/mol. The zero-order chi connectivity index (χ0) is 12.6. The Bertz CT molecular complexity index is 527. The quantitative estimate of drug-likeness (QED) is 0.656. The van der Waals surface area contributed by atoms with Gasteiger partial charge < -0.3 is 10.2 Å². The second kappa shape index (κ2) is 4.89. The molecule has 0 saturated carbocycles. The molecule has 2 heterocycles. The van der Waals surface area contributed by atoms with E-state index in [1.165, 1.54) is 16.4 Å². The van der Waals surface area contributed by atoms with Crippen LogP contribution in [0.2, 0.25) is 0 Å². The van der Waals surface area contributed by atoms with Gasteiger partial charge in [0.15, 0.2) is 0 Å². The summed E-state index contributed by atoms with van der Waals surface area (Å²) in [6.07, 6.45) is -0.223. The van der Waals surface area contributed by atoms with Crippen molar-refractivity contribution in [3.63, 3.8) is 0 Å². The number of thioether (sulfide) groups is 1. The van der Waals surface area contributed by atoms with Crippen LogP contribution < -0.4 is 5.69 Å². The molecule has 0 amide bonds. The van der Waals surface area contributed by atoms with Crippen LogP contribution in [0.15, 0.2) is 4.79 Å². The van der Waals surface area contributed by atoms with E-state index in [0.717, 1.165) is 0 Å². The van der Waals surface area contributed by atoms with Gasteiger partial charge in [-0.25, -0.2) is 9.48 Å². The maximum Gasteiger partial charge on any atom is 0.344 e. The van der Waals surface area contributed by atoms with Crippen molar-refractivity contribution >= 4 is 24.0 Å². The van der Waals surface area contributed by atoms with Crippen molar-refractivity contribution in [2.24, 2.45) is 0 Å². The number of hydrogen-bond acceptors (Lipinski definition) is 6. The maximum atomic E-state index is 11.7. The van der Waals surface area contributed by atoms with E-state index in [9.17, 15) is 9.90 Å². The molecule has 1 fully saturated rings. The summed E-state index contributed by atoms with van der Waals surface area (Å²) in [5, 5.41) is 22.3. The number of nitrogens with zero attached hydrogens (tertiary/aromatic N) is 2. The van der Waals surface area contributed by atoms with Gasteiger partial charge in [0.2, 0.25) is 0 Å². The zero-order valence-corrected chi connectivity index (χ0v) is 10.8. The number of aromatic amines is 1. The Balaban J connectivity index is 2.34. The molecule has 1 saturated heterocycles. The van der Waals surface area contributed by atoms with Gasteiger partial charge in [-0.2, -0.15) is 5.10 Å². The first-order valence-electron chi connectivity index (χ1n) is 5.17. The Morgan fingerprint density at radius 3 is 3.00 bits per heavy atom. The molecule has 1 aliphatic heterocycles. The summed E-state index contributed by atoms with van der Waals surface area (Å²) in [6.45, 7) is 1.60. The standard InChI is InChI=1S/C9H13N3O3S2/c1-4-8(16)10-9(15)12(11-4)7-2-5(14)6(3-13)17-7/h5-7,13-14H,2-3H2,1H3,(H,10,15,16). The lowest BCUT2D eigenvalue weighted by Crippen LogP contribution is -2.28. The fourth-order valence-corrected chi connectivity index (χ4v) is 3.20. The van der Waals surface area contributed by atoms with Crippen molar-refractivity contribution in [1.82, 2.24) is 14.8 Å². The molecule has 0 bridgehead atoms. The van der Waals surface area contributed by atoms with Crippen LogP contribution in [0.25, 0.3) is 0 Å². The lowest BCUT2D eigenvalue weighted by Gasteiger charge is -2.11. The van der Waals surface area contributed by atoms with Crippen LogP contribution in [0.5, 0.6) is 0 Å². The van der Waals surface area contributed by atoms with E-state index in [2.05, 4.69) is 10.1 Å². The van der Waals surface area contributed by atoms with Gasteiger partial charge >= 0.3 is 5.69 Å². The summed E-state index contributed by atoms with van der Waals surface area (Å²) in [7, 11) is 0. The molecule has 1 aliphatic rings. The Labute approximate surface area is 107 Å². The fourth-order valence-electron chi connectivity index (χ4n) is 1.72. The van der Waals surface area contributed by atoms with Crippen molar-refractivity contribution < 1.29 is 10.2 Å². The molecule has 0 aromatic carbocycles. The normalized spacial score (nSPS) is 28.5. The summed E-state index contributed by atoms with van der Waals surface area (Å²) in [6, 6.07) is 0. The Hall–Kier alpha value is -0.700. The highest BCUT2D eigenvalue weighted by Crippen LogP contribution is 2.40. The van der Waals surface area contributed by atoms with Crippen LogP contribution in [-0.2, 0) is 0 Å². The van der Waals surface area contributed by atoms with Gasteiger partial charge in [0, 0.05) is 6.42 Å². The summed E-state index contributed by atoms with van der Waals surface area (Å²) in [5.74, 6) is 0. The molecule has 3 unspecified atom stereocenters. The van der Waals surface area contributed by atoms with Crippen molar-refractivity contribution in [2.45, 2.75) is 30.1 Å². The first-order chi connectivity index (χ1) is 8.02. The Morgan fingerprint density at radius 1 is 1.71 bits per heavy atom. The maximum absolute atomic E-state index is 11.7. The Kier molecular flexibility index (Phi) is 3.67. The average Bonchev–Trinajstić information content (AvgIpc) is 2.65. The van der Waals surface area contributed by atoms with E-state index in [1.807, 2.05) is 0 Å². The highest BCUT2D eigenvalue weighted by molar-refractivity contribution is 8.00. The number of aliphatic hydroxyl groups excluding tert-OH is 2. The van der Waals surface area contributed by atoms with Gasteiger partial charge in [-0.1, -0.05) is 12.2 Å². The van der Waals surface area contributed by atoms with E-state index in [-0.39, 0.29) is 22.9 Å². The highest BCUT2D eigenvalue weighted by atomic mass is 32.2. The largest absolute Gasteiger partial charge is 0.395 e. The number of aromatic nitrogens is 3. The zero-order valence-electron chi connectivity index (χ0n) is 9.16. The molecule has 0 aliphatic carbocycles. The van der Waals surface area contributed by atoms with E-state index in [4.69, 9.17) is 17.3 Å². The van der Waals surface area contributed by atoms with Crippen LogP contribution in [0.3, 0.4) is 0 Å². The molecule has 3 atom stereocenters. The molecule has 0 spiro atoms. The van der Waals surface area contributed by atoms with E-state index in [0.29, 0.717) is 16.8 Å². The molecular formula is C9H13N3O3S2. The molecule has 2 rings (SSSR count). The average molecular weight is 275 g/mol. The number of nitrogens with one attached hydrogen (secondary N) is 1. The molecule has 8 heteroatoms. The van der Waals surface area contributed by atoms with Crippen molar-refractivity contribution in [1.29, 1.82) is 0 Å². The van der Waals surface area contributed by atoms with Gasteiger partial charge in [-0.3, -0.25) is 4.98 Å². The van der Waals surface area contributed by atoms with Crippen molar-refractivity contribution in [2.75, 3.05) is 6.61 Å². The van der Waals surface area contributed by atoms with E-state index < -0.39 is 6.10 Å². The van der Waals surface area contributed by atoms with Crippen LogP contribution in [0, 0.1) is 11.6 Å². The summed E-state index contributed by atoms with van der Waals surface area (Å²) < 4.78 is 1.61. The number of aryl methyl sites for hydroxylation is 1. The lowest BCUT2D eigenvalue weighted by molar-refractivity contribution is 0.136. The predicted molar refractivity (Wildman–Crippen MR) is 66.5 cm³/mol. The van der Waals surface area contributed by atoms with Gasteiger partial charge in [0.05, 0.1) is 23.7 Å². The van der Waals surface area contributed by atoms with Gasteiger partial charge in [-0.15, -0.1) is 11.8 Å². The Morgan fingerprint density at radius 2 is 2.41 bits per heavy atom. The van der Waals surface area contributed by atoms with Crippen molar-refractivity contribution in [3.05, 3.63) is 20.8 Å². The molecule has 1 aromatic heterocycles. The third kappa shape index (κ3) is 2.44. The number of hydrogen-bond donors (Lipinski definition) is 3. The number of rotatable bonds is 2. The topological polar surface area (TPSA) is 91.1 Å². The van der Waals surface area contributed by atoms with Crippen LogP contribution in [0.4, 0.5) is 0 Å². The van der Waals surface area contributed by atoms with E-state index in [1.54, 1.807) is 6.92 Å². The summed E-state index contributed by atoms with van der Waals surface area (Å²) >= 11 is 6.26. The molecule has 94 valence electrons. The number of aliphatic hydroxyl groups is 2. The summed E-state index contributed by atoms with van der Waals surface area (Å²) in [5.41, 5.74) is 0.186. The smallest absolute Gasteiger partial charge is 0.344 e. The molecule has 6 nitrogen and oxygen atoms in total. The second-order valence-electron chi connectivity index (χ2n) is 3.90. The fraction of sp³-hybridized carbons (Fsp3) is 0.667. The van der Waals surface area contributed by atoms with Gasteiger partial charge in [-0.05, 0) is 6.92 Å². The minimum Gasteiger partial charge on any atom is -0.395 e. The minimum atomic E-state index is -0.618. The summed E-state index contributed by atoms with van der Waals surface area (Å²) in [4.78, 5) is 14.2. The van der Waals surface area contributed by atoms with Gasteiger partial charge in [0.25, 0.3) is 0 Å². The number of H-pyrrole nitrogens is 1. The van der Waals surface area contributed by atoms with E-state index >= 15 is 0 Å². The predicted octanol–water partition coefficient (Wildman–Crippen LogP) is -0.0334. The van der Waals surface area contributed by atoms with Crippen molar-refractivity contribution in [3.8, 4) is 0 Å². The molecule has 3 N–H and O–H groups in total. The molecule has 1 aromatic rings. The first-order valence-corrected chi connectivity index (χ1v) is 6.52. The lowest BCUT2D eigenvalue weighted by atomic mass is 10.2. The highest BCUT2D eigenvalue weighted by Gasteiger charge is 2.35. The molecule has 0 radical (unpaired) electrons. The third-order valence-electron chi connectivity index (χ3n) is 2.67. The van der Waals surface area contributed by atoms with Crippen LogP contribution in [-0.4, -0.2) is 42.9 Å². The molecule has 17 heavy (non-hydrogen) atoms. The SMILES string of the molecule is Cc1nn(C2CC(O)C(CO)S2)c(=O)[nH]c1=S. The van der Waals surface area contributed by atoms with Crippen LogP contribution >= 0.6 is 24.0 Å². The third-order valence-corrected chi connectivity index (χ3v) is 4.59. The van der Waals surface area contributed by atoms with Gasteiger partial charge in [0.1, 0.15) is 10.0 Å². The molecular weight excluding hydrogens is 262 g/mol. The second-order valence-corrected chi connectivity index (χ2v) is 5.73. The minimum absolute atomic E-state index is 0.112. The van der Waals surface area contributed by atoms with Crippen LogP contribution in [0.1, 0.15) is 17.5 Å².